The third kappa shape index (κ3) is 7.90. The molecule has 0 heterocycles. The molecule has 0 fully saturated rings. The van der Waals surface area contributed by atoms with Crippen molar-refractivity contribution in [2.75, 3.05) is 19.0 Å². The number of benzene rings is 1. The quantitative estimate of drug-likeness (QED) is 0.724. The number of rotatable bonds is 8. The Morgan fingerprint density at radius 1 is 1.35 bits per heavy atom. The third-order valence-electron chi connectivity index (χ3n) is 2.68. The van der Waals surface area contributed by atoms with Gasteiger partial charge in [-0.2, -0.15) is 0 Å². The summed E-state index contributed by atoms with van der Waals surface area (Å²) in [6.45, 7) is 10.3. The molecular weight excluding hydrogens is 270 g/mol. The summed E-state index contributed by atoms with van der Waals surface area (Å²) in [5.41, 5.74) is 1.39. The molecule has 0 spiro atoms. The number of ether oxygens (including phenoxy) is 1. The van der Waals surface area contributed by atoms with Gasteiger partial charge in [0.2, 0.25) is 0 Å². The Morgan fingerprint density at radius 3 is 2.75 bits per heavy atom. The van der Waals surface area contributed by atoms with Crippen LogP contribution in [0.3, 0.4) is 0 Å². The highest BCUT2D eigenvalue weighted by Crippen LogP contribution is 2.20. The maximum atomic E-state index is 9.76. The highest BCUT2D eigenvalue weighted by Gasteiger charge is 2.09. The van der Waals surface area contributed by atoms with E-state index in [2.05, 4.69) is 50.4 Å². The molecule has 20 heavy (non-hydrogen) atoms. The number of nitrogens with one attached hydrogen (secondary N) is 1. The first-order valence-corrected chi connectivity index (χ1v) is 8.12. The van der Waals surface area contributed by atoms with Crippen LogP contribution in [0.5, 0.6) is 0 Å². The lowest BCUT2D eigenvalue weighted by atomic mass is 10.1. The van der Waals surface area contributed by atoms with Crippen molar-refractivity contribution in [3.05, 3.63) is 29.8 Å². The van der Waals surface area contributed by atoms with E-state index >= 15 is 0 Å². The Morgan fingerprint density at radius 2 is 2.10 bits per heavy atom. The normalized spacial score (nSPS) is 13.4. The van der Waals surface area contributed by atoms with Crippen molar-refractivity contribution in [1.82, 2.24) is 5.32 Å². The fraction of sp³-hybridized carbons (Fsp3) is 0.625. The van der Waals surface area contributed by atoms with Crippen LogP contribution in [-0.4, -0.2) is 35.7 Å². The van der Waals surface area contributed by atoms with Gasteiger partial charge < -0.3 is 15.2 Å². The molecule has 1 atom stereocenters. The van der Waals surface area contributed by atoms with Crippen molar-refractivity contribution < 1.29 is 9.84 Å². The van der Waals surface area contributed by atoms with Crippen molar-refractivity contribution in [3.8, 4) is 0 Å². The second kappa shape index (κ2) is 8.67. The first kappa shape index (κ1) is 17.5. The summed E-state index contributed by atoms with van der Waals surface area (Å²) >= 11 is 1.67. The molecule has 4 heteroatoms. The zero-order valence-corrected chi connectivity index (χ0v) is 13.8. The Balaban J connectivity index is 2.43. The molecule has 0 saturated carbocycles. The molecule has 1 unspecified atom stereocenters. The second-order valence-electron chi connectivity index (χ2n) is 5.88. The molecule has 0 aromatic heterocycles. The van der Waals surface area contributed by atoms with E-state index in [-0.39, 0.29) is 5.54 Å². The zero-order chi connectivity index (χ0) is 15.0. The minimum Gasteiger partial charge on any atom is -0.390 e. The summed E-state index contributed by atoms with van der Waals surface area (Å²) in [4.78, 5) is 1.19. The lowest BCUT2D eigenvalue weighted by Gasteiger charge is -2.20. The van der Waals surface area contributed by atoms with Crippen LogP contribution in [0.15, 0.2) is 29.2 Å². The number of aliphatic hydroxyl groups excluding tert-OH is 1. The van der Waals surface area contributed by atoms with Crippen LogP contribution >= 0.6 is 11.8 Å². The minimum absolute atomic E-state index is 0.122. The van der Waals surface area contributed by atoms with E-state index in [0.29, 0.717) is 19.0 Å². The predicted molar refractivity (Wildman–Crippen MR) is 86.3 cm³/mol. The van der Waals surface area contributed by atoms with E-state index in [1.165, 1.54) is 10.5 Å². The van der Waals surface area contributed by atoms with Crippen molar-refractivity contribution in [2.45, 2.75) is 50.8 Å². The van der Waals surface area contributed by atoms with E-state index in [1.807, 2.05) is 6.92 Å². The molecule has 1 aromatic carbocycles. The van der Waals surface area contributed by atoms with Crippen LogP contribution in [0.25, 0.3) is 0 Å². The molecule has 1 aromatic rings. The van der Waals surface area contributed by atoms with Crippen molar-refractivity contribution in [1.29, 1.82) is 0 Å². The minimum atomic E-state index is -0.406. The van der Waals surface area contributed by atoms with E-state index in [4.69, 9.17) is 4.74 Å². The smallest absolute Gasteiger partial charge is 0.0867 e. The molecule has 3 nitrogen and oxygen atoms in total. The first-order valence-electron chi connectivity index (χ1n) is 7.13. The molecule has 114 valence electrons. The lowest BCUT2D eigenvalue weighted by Crippen LogP contribution is -2.35. The summed E-state index contributed by atoms with van der Waals surface area (Å²) < 4.78 is 5.21. The highest BCUT2D eigenvalue weighted by atomic mass is 32.2. The molecule has 1 rings (SSSR count). The number of hydrogen-bond acceptors (Lipinski definition) is 4. The Bertz CT molecular complexity index is 390. The van der Waals surface area contributed by atoms with Crippen molar-refractivity contribution in [3.63, 3.8) is 0 Å². The molecule has 0 saturated heterocycles. The first-order chi connectivity index (χ1) is 9.40. The second-order valence-corrected chi connectivity index (χ2v) is 6.97. The van der Waals surface area contributed by atoms with Crippen LogP contribution in [0.2, 0.25) is 0 Å². The standard InChI is InChI=1S/C16H27NO2S/c1-5-19-11-14(18)12-20-15-8-6-7-13(9-15)10-17-16(2,3)4/h6-9,14,17-18H,5,10-12H2,1-4H3. The molecule has 0 aliphatic carbocycles. The van der Waals surface area contributed by atoms with Gasteiger partial charge in [-0.25, -0.2) is 0 Å². The topological polar surface area (TPSA) is 41.5 Å². The molecule has 0 aliphatic rings. The lowest BCUT2D eigenvalue weighted by molar-refractivity contribution is 0.0551. The van der Waals surface area contributed by atoms with Crippen LogP contribution in [-0.2, 0) is 11.3 Å². The summed E-state index contributed by atoms with van der Waals surface area (Å²) in [6, 6.07) is 8.45. The van der Waals surface area contributed by atoms with Crippen LogP contribution in [0, 0.1) is 0 Å². The van der Waals surface area contributed by atoms with Gasteiger partial charge in [0.15, 0.2) is 0 Å². The molecule has 2 N–H and O–H groups in total. The number of hydrogen-bond donors (Lipinski definition) is 2. The monoisotopic (exact) mass is 297 g/mol. The third-order valence-corrected chi connectivity index (χ3v) is 3.82. The molecular formula is C16H27NO2S. The Kier molecular flexibility index (Phi) is 7.59. The molecule has 0 amide bonds. The van der Waals surface area contributed by atoms with Crippen LogP contribution < -0.4 is 5.32 Å². The van der Waals surface area contributed by atoms with Crippen LogP contribution in [0.1, 0.15) is 33.3 Å². The van der Waals surface area contributed by atoms with Gasteiger partial charge in [0.1, 0.15) is 0 Å². The Labute approximate surface area is 127 Å². The molecule has 0 aliphatic heterocycles. The predicted octanol–water partition coefficient (Wildman–Crippen LogP) is 3.06. The molecule has 0 bridgehead atoms. The van der Waals surface area contributed by atoms with Crippen LogP contribution in [0.4, 0.5) is 0 Å². The average Bonchev–Trinajstić information content (AvgIpc) is 2.40. The van der Waals surface area contributed by atoms with Gasteiger partial charge in [-0.1, -0.05) is 12.1 Å². The number of aliphatic hydroxyl groups is 1. The van der Waals surface area contributed by atoms with E-state index in [9.17, 15) is 5.11 Å². The van der Waals surface area contributed by atoms with Gasteiger partial charge in [-0.3, -0.25) is 0 Å². The van der Waals surface area contributed by atoms with E-state index in [1.54, 1.807) is 11.8 Å². The van der Waals surface area contributed by atoms with Gasteiger partial charge in [0.05, 0.1) is 12.7 Å². The maximum Gasteiger partial charge on any atom is 0.0867 e. The summed E-state index contributed by atoms with van der Waals surface area (Å²) in [6.07, 6.45) is -0.406. The van der Waals surface area contributed by atoms with E-state index in [0.717, 1.165) is 6.54 Å². The highest BCUT2D eigenvalue weighted by molar-refractivity contribution is 7.99. The molecule has 0 radical (unpaired) electrons. The largest absolute Gasteiger partial charge is 0.390 e. The number of thioether (sulfide) groups is 1. The summed E-state index contributed by atoms with van der Waals surface area (Å²) in [7, 11) is 0. The average molecular weight is 297 g/mol. The fourth-order valence-electron chi connectivity index (χ4n) is 1.61. The zero-order valence-electron chi connectivity index (χ0n) is 13.0. The van der Waals surface area contributed by atoms with Crippen molar-refractivity contribution >= 4 is 11.8 Å². The van der Waals surface area contributed by atoms with Gasteiger partial charge >= 0.3 is 0 Å². The van der Waals surface area contributed by atoms with Gasteiger partial charge in [-0.15, -0.1) is 11.8 Å². The van der Waals surface area contributed by atoms with Gasteiger partial charge in [0, 0.05) is 29.3 Å². The fourth-order valence-corrected chi connectivity index (χ4v) is 2.50. The summed E-state index contributed by atoms with van der Waals surface area (Å²) in [5.74, 6) is 0.663. The maximum absolute atomic E-state index is 9.76. The SMILES string of the molecule is CCOCC(O)CSc1cccc(CNC(C)(C)C)c1. The summed E-state index contributed by atoms with van der Waals surface area (Å²) in [5, 5.41) is 13.2. The Hall–Kier alpha value is -0.550. The van der Waals surface area contributed by atoms with Gasteiger partial charge in [-0.05, 0) is 45.4 Å². The van der Waals surface area contributed by atoms with Gasteiger partial charge in [0.25, 0.3) is 0 Å². The van der Waals surface area contributed by atoms with E-state index < -0.39 is 6.10 Å². The van der Waals surface area contributed by atoms with Crippen molar-refractivity contribution in [2.24, 2.45) is 0 Å².